The van der Waals surface area contributed by atoms with Gasteiger partial charge in [-0.05, 0) is 93.1 Å². The number of benzene rings is 2. The van der Waals surface area contributed by atoms with Gasteiger partial charge in [0.2, 0.25) is 12.7 Å². The summed E-state index contributed by atoms with van der Waals surface area (Å²) in [7, 11) is 0. The lowest BCUT2D eigenvalue weighted by Gasteiger charge is -2.12. The van der Waals surface area contributed by atoms with E-state index >= 15 is 0 Å². The van der Waals surface area contributed by atoms with Crippen LogP contribution >= 0.6 is 0 Å². The highest BCUT2D eigenvalue weighted by atomic mass is 16.7. The Labute approximate surface area is 205 Å². The highest BCUT2D eigenvalue weighted by Gasteiger charge is 2.19. The zero-order valence-corrected chi connectivity index (χ0v) is 20.9. The molecular weight excluding hydrogens is 440 g/mol. The fourth-order valence-electron chi connectivity index (χ4n) is 4.69. The molecule has 0 atom stereocenters. The van der Waals surface area contributed by atoms with Crippen LogP contribution in [0.2, 0.25) is 0 Å². The van der Waals surface area contributed by atoms with Crippen molar-refractivity contribution in [3.8, 4) is 17.2 Å². The van der Waals surface area contributed by atoms with E-state index in [0.29, 0.717) is 19.4 Å². The summed E-state index contributed by atoms with van der Waals surface area (Å²) in [4.78, 5) is 17.6. The van der Waals surface area contributed by atoms with E-state index in [4.69, 9.17) is 19.6 Å². The molecule has 0 fully saturated rings. The third-order valence-electron chi connectivity index (χ3n) is 6.84. The number of amides is 1. The number of hydrogen-bond donors (Lipinski definition) is 1. The van der Waals surface area contributed by atoms with Gasteiger partial charge in [0.1, 0.15) is 0 Å². The standard InChI is InChI=1S/C28H30N4O3/c1-16-6-8-22(12-17(16)2)32-28-27(20(5)31-32)18(3)23(19(4)30-28)9-11-26(33)29-14-21-7-10-24-25(13-21)35-15-34-24/h6-8,10,12-13H,9,11,14-15H2,1-5H3,(H,29,33). The van der Waals surface area contributed by atoms with Gasteiger partial charge in [-0.3, -0.25) is 4.79 Å². The van der Waals surface area contributed by atoms with E-state index in [1.165, 1.54) is 11.1 Å². The van der Waals surface area contributed by atoms with Crippen molar-refractivity contribution in [3.63, 3.8) is 0 Å². The molecule has 0 saturated carbocycles. The largest absolute Gasteiger partial charge is 0.454 e. The average molecular weight is 471 g/mol. The van der Waals surface area contributed by atoms with Gasteiger partial charge in [-0.2, -0.15) is 5.10 Å². The maximum atomic E-state index is 12.6. The second-order valence-corrected chi connectivity index (χ2v) is 9.23. The molecule has 0 spiro atoms. The van der Waals surface area contributed by atoms with Gasteiger partial charge in [-0.1, -0.05) is 12.1 Å². The smallest absolute Gasteiger partial charge is 0.231 e. The van der Waals surface area contributed by atoms with Crippen molar-refractivity contribution in [2.45, 2.75) is 54.0 Å². The first-order chi connectivity index (χ1) is 16.8. The molecule has 4 aromatic rings. The molecule has 0 saturated heterocycles. The quantitative estimate of drug-likeness (QED) is 0.432. The van der Waals surface area contributed by atoms with E-state index in [0.717, 1.165) is 56.3 Å². The first-order valence-electron chi connectivity index (χ1n) is 11.9. The number of carbonyl (C=O) groups excluding carboxylic acids is 1. The molecule has 5 rings (SSSR count). The molecule has 7 nitrogen and oxygen atoms in total. The Kier molecular flexibility index (Phi) is 5.93. The lowest BCUT2D eigenvalue weighted by Crippen LogP contribution is -2.23. The Morgan fingerprint density at radius 3 is 2.57 bits per heavy atom. The summed E-state index contributed by atoms with van der Waals surface area (Å²) in [5.74, 6) is 1.47. The minimum atomic E-state index is 0.00381. The predicted octanol–water partition coefficient (Wildman–Crippen LogP) is 4.94. The number of fused-ring (bicyclic) bond motifs is 2. The number of nitrogens with zero attached hydrogens (tertiary/aromatic N) is 3. The second-order valence-electron chi connectivity index (χ2n) is 9.23. The molecule has 0 radical (unpaired) electrons. The zero-order chi connectivity index (χ0) is 24.7. The maximum Gasteiger partial charge on any atom is 0.231 e. The van der Waals surface area contributed by atoms with Crippen molar-refractivity contribution in [1.29, 1.82) is 0 Å². The van der Waals surface area contributed by atoms with Gasteiger partial charge >= 0.3 is 0 Å². The van der Waals surface area contributed by atoms with Gasteiger partial charge < -0.3 is 14.8 Å². The summed E-state index contributed by atoms with van der Waals surface area (Å²) in [6.45, 7) is 11.0. The molecule has 180 valence electrons. The number of ether oxygens (including phenoxy) is 2. The number of hydrogen-bond acceptors (Lipinski definition) is 5. The van der Waals surface area contributed by atoms with E-state index in [1.807, 2.05) is 36.7 Å². The molecule has 0 bridgehead atoms. The van der Waals surface area contributed by atoms with E-state index in [1.54, 1.807) is 0 Å². The van der Waals surface area contributed by atoms with Gasteiger partial charge in [-0.25, -0.2) is 9.67 Å². The van der Waals surface area contributed by atoms with Crippen molar-refractivity contribution < 1.29 is 14.3 Å². The molecule has 7 heteroatoms. The number of carbonyl (C=O) groups is 1. The number of pyridine rings is 1. The van der Waals surface area contributed by atoms with Gasteiger partial charge in [0.25, 0.3) is 0 Å². The maximum absolute atomic E-state index is 12.6. The molecule has 0 aliphatic carbocycles. The predicted molar refractivity (Wildman–Crippen MR) is 135 cm³/mol. The van der Waals surface area contributed by atoms with Crippen LogP contribution in [0.15, 0.2) is 36.4 Å². The summed E-state index contributed by atoms with van der Waals surface area (Å²) < 4.78 is 12.7. The van der Waals surface area contributed by atoms with Crippen molar-refractivity contribution in [3.05, 3.63) is 75.6 Å². The third kappa shape index (κ3) is 4.34. The third-order valence-corrected chi connectivity index (χ3v) is 6.84. The van der Waals surface area contributed by atoms with E-state index in [-0.39, 0.29) is 12.7 Å². The molecule has 1 aliphatic rings. The van der Waals surface area contributed by atoms with Crippen molar-refractivity contribution in [2.75, 3.05) is 6.79 Å². The minimum Gasteiger partial charge on any atom is -0.454 e. The fourth-order valence-corrected chi connectivity index (χ4v) is 4.69. The van der Waals surface area contributed by atoms with Crippen LogP contribution in [0, 0.1) is 34.6 Å². The SMILES string of the molecule is Cc1ccc(-n2nc(C)c3c(C)c(CCC(=O)NCc4ccc5c(c4)OCO5)c(C)nc32)cc1C. The Morgan fingerprint density at radius 2 is 1.77 bits per heavy atom. The zero-order valence-electron chi connectivity index (χ0n) is 20.9. The van der Waals surface area contributed by atoms with Crippen molar-refractivity contribution in [2.24, 2.45) is 0 Å². The van der Waals surface area contributed by atoms with Gasteiger partial charge in [-0.15, -0.1) is 0 Å². The minimum absolute atomic E-state index is 0.00381. The Bertz CT molecular complexity index is 1450. The lowest BCUT2D eigenvalue weighted by atomic mass is 9.99. The Balaban J connectivity index is 1.32. The molecule has 3 heterocycles. The molecular formula is C28H30N4O3. The summed E-state index contributed by atoms with van der Waals surface area (Å²) in [5.41, 5.74) is 9.45. The van der Waals surface area contributed by atoms with Gasteiger partial charge in [0.05, 0.1) is 11.4 Å². The summed E-state index contributed by atoms with van der Waals surface area (Å²) >= 11 is 0. The first-order valence-corrected chi connectivity index (χ1v) is 11.9. The highest BCUT2D eigenvalue weighted by molar-refractivity contribution is 5.85. The molecule has 2 aromatic heterocycles. The molecule has 0 unspecified atom stereocenters. The normalized spacial score (nSPS) is 12.4. The van der Waals surface area contributed by atoms with Crippen LogP contribution in [0.25, 0.3) is 16.7 Å². The van der Waals surface area contributed by atoms with Crippen LogP contribution < -0.4 is 14.8 Å². The number of nitrogens with one attached hydrogen (secondary N) is 1. The molecule has 1 N–H and O–H groups in total. The summed E-state index contributed by atoms with van der Waals surface area (Å²) in [6, 6.07) is 12.1. The molecule has 2 aromatic carbocycles. The number of aromatic nitrogens is 3. The lowest BCUT2D eigenvalue weighted by molar-refractivity contribution is -0.121. The van der Waals surface area contributed by atoms with Crippen LogP contribution in [0.3, 0.4) is 0 Å². The highest BCUT2D eigenvalue weighted by Crippen LogP contribution is 2.32. The average Bonchev–Trinajstić information content (AvgIpc) is 3.43. The van der Waals surface area contributed by atoms with Crippen LogP contribution in [0.4, 0.5) is 0 Å². The van der Waals surface area contributed by atoms with Crippen LogP contribution in [0.5, 0.6) is 11.5 Å². The Morgan fingerprint density at radius 1 is 0.971 bits per heavy atom. The monoisotopic (exact) mass is 470 g/mol. The topological polar surface area (TPSA) is 78.3 Å². The van der Waals surface area contributed by atoms with E-state index in [2.05, 4.69) is 44.3 Å². The number of aryl methyl sites for hydroxylation is 5. The molecule has 35 heavy (non-hydrogen) atoms. The van der Waals surface area contributed by atoms with Crippen LogP contribution in [-0.4, -0.2) is 27.5 Å². The summed E-state index contributed by atoms with van der Waals surface area (Å²) in [6.07, 6.45) is 1.02. The van der Waals surface area contributed by atoms with Crippen LogP contribution in [0.1, 0.15) is 45.6 Å². The van der Waals surface area contributed by atoms with Gasteiger partial charge in [0, 0.05) is 24.0 Å². The number of rotatable bonds is 6. The molecule has 1 amide bonds. The van der Waals surface area contributed by atoms with Crippen molar-refractivity contribution >= 4 is 16.9 Å². The summed E-state index contributed by atoms with van der Waals surface area (Å²) in [5, 5.41) is 8.88. The fraction of sp³-hybridized carbons (Fsp3) is 0.321. The van der Waals surface area contributed by atoms with E-state index < -0.39 is 0 Å². The van der Waals surface area contributed by atoms with Crippen LogP contribution in [-0.2, 0) is 17.8 Å². The Hall–Kier alpha value is -3.87. The second kappa shape index (κ2) is 9.06. The van der Waals surface area contributed by atoms with Crippen molar-refractivity contribution in [1.82, 2.24) is 20.1 Å². The first kappa shape index (κ1) is 22.9. The van der Waals surface area contributed by atoms with E-state index in [9.17, 15) is 4.79 Å². The van der Waals surface area contributed by atoms with Gasteiger partial charge in [0.15, 0.2) is 17.1 Å². The molecule has 1 aliphatic heterocycles.